The van der Waals surface area contributed by atoms with Crippen LogP contribution in [0.5, 0.6) is 0 Å². The zero-order chi connectivity index (χ0) is 19.1. The molecule has 3 aromatic rings. The van der Waals surface area contributed by atoms with Crippen molar-refractivity contribution in [1.82, 2.24) is 5.32 Å². The summed E-state index contributed by atoms with van der Waals surface area (Å²) in [7, 11) is 2.05. The average Bonchev–Trinajstić information content (AvgIpc) is 3.24. The van der Waals surface area contributed by atoms with Crippen LogP contribution in [0.2, 0.25) is 0 Å². The van der Waals surface area contributed by atoms with E-state index in [1.54, 1.807) is 23.1 Å². The van der Waals surface area contributed by atoms with Crippen molar-refractivity contribution in [3.63, 3.8) is 0 Å². The lowest BCUT2D eigenvalue weighted by molar-refractivity contribution is 0.0948. The third-order valence-electron chi connectivity index (χ3n) is 4.46. The molecule has 1 amide bonds. The minimum atomic E-state index is -0.0161. The van der Waals surface area contributed by atoms with Crippen molar-refractivity contribution < 1.29 is 4.79 Å². The molecule has 27 heavy (non-hydrogen) atoms. The number of thiophene rings is 1. The van der Waals surface area contributed by atoms with E-state index in [2.05, 4.69) is 53.8 Å². The highest BCUT2D eigenvalue weighted by Gasteiger charge is 2.15. The highest BCUT2D eigenvalue weighted by Crippen LogP contribution is 2.28. The Balaban J connectivity index is 1.59. The van der Waals surface area contributed by atoms with Crippen molar-refractivity contribution in [3.05, 3.63) is 82.6 Å². The van der Waals surface area contributed by atoms with E-state index in [4.69, 9.17) is 0 Å². The van der Waals surface area contributed by atoms with Crippen molar-refractivity contribution in [1.29, 1.82) is 0 Å². The van der Waals surface area contributed by atoms with Gasteiger partial charge in [0.05, 0.1) is 5.56 Å². The van der Waals surface area contributed by atoms with Crippen LogP contribution in [0, 0.1) is 0 Å². The molecule has 3 nitrogen and oxygen atoms in total. The molecule has 0 bridgehead atoms. The fourth-order valence-corrected chi connectivity index (χ4v) is 4.54. The molecule has 0 fully saturated rings. The van der Waals surface area contributed by atoms with Crippen LogP contribution in [-0.4, -0.2) is 25.5 Å². The summed E-state index contributed by atoms with van der Waals surface area (Å²) >= 11 is 3.45. The molecule has 5 heteroatoms. The van der Waals surface area contributed by atoms with Gasteiger partial charge in [0.25, 0.3) is 5.91 Å². The number of rotatable bonds is 8. The number of para-hydroxylation sites is 1. The largest absolute Gasteiger partial charge is 0.370 e. The van der Waals surface area contributed by atoms with Crippen LogP contribution in [0.15, 0.2) is 77.0 Å². The molecule has 1 unspecified atom stereocenters. The van der Waals surface area contributed by atoms with Crippen LogP contribution in [0.1, 0.15) is 22.2 Å². The van der Waals surface area contributed by atoms with Crippen molar-refractivity contribution in [3.8, 4) is 0 Å². The summed E-state index contributed by atoms with van der Waals surface area (Å²) in [6.07, 6.45) is 0. The van der Waals surface area contributed by atoms with Gasteiger partial charge in [-0.25, -0.2) is 0 Å². The summed E-state index contributed by atoms with van der Waals surface area (Å²) in [5.74, 6) is 0.868. The Labute approximate surface area is 169 Å². The molecule has 0 aliphatic heterocycles. The second-order valence-corrected chi connectivity index (χ2v) is 8.42. The molecule has 1 N–H and O–H groups in total. The first-order valence-corrected chi connectivity index (χ1v) is 10.8. The van der Waals surface area contributed by atoms with Crippen LogP contribution in [0.4, 0.5) is 5.69 Å². The Morgan fingerprint density at radius 2 is 1.81 bits per heavy atom. The molecule has 2 aromatic carbocycles. The number of nitrogens with zero attached hydrogens (tertiary/aromatic N) is 1. The quantitative estimate of drug-likeness (QED) is 0.525. The third kappa shape index (κ3) is 5.37. The second-order valence-electron chi connectivity index (χ2n) is 6.37. The van der Waals surface area contributed by atoms with Gasteiger partial charge in [0.2, 0.25) is 0 Å². The van der Waals surface area contributed by atoms with Gasteiger partial charge in [-0.1, -0.05) is 36.4 Å². The number of likely N-dealkylation sites (N-methyl/N-ethyl adjacent to an activating group) is 1. The van der Waals surface area contributed by atoms with Crippen LogP contribution in [0.3, 0.4) is 0 Å². The smallest absolute Gasteiger partial charge is 0.252 e. The Bertz CT molecular complexity index is 850. The van der Waals surface area contributed by atoms with Crippen LogP contribution in [0.25, 0.3) is 0 Å². The number of carbonyl (C=O) groups excluding carboxylic acids is 1. The summed E-state index contributed by atoms with van der Waals surface area (Å²) in [5.41, 5.74) is 1.89. The summed E-state index contributed by atoms with van der Waals surface area (Å²) in [4.78, 5) is 17.3. The van der Waals surface area contributed by atoms with Gasteiger partial charge in [-0.3, -0.25) is 4.79 Å². The van der Waals surface area contributed by atoms with E-state index < -0.39 is 0 Å². The Morgan fingerprint density at radius 1 is 1.07 bits per heavy atom. The number of amides is 1. The molecule has 0 aliphatic rings. The van der Waals surface area contributed by atoms with E-state index in [0.717, 1.165) is 21.9 Å². The molecule has 0 saturated heterocycles. The molecule has 0 spiro atoms. The second kappa shape index (κ2) is 9.62. The predicted octanol–water partition coefficient (Wildman–Crippen LogP) is 5.30. The number of carbonyl (C=O) groups is 1. The number of anilines is 1. The first-order valence-electron chi connectivity index (χ1n) is 8.95. The van der Waals surface area contributed by atoms with E-state index in [0.29, 0.717) is 6.54 Å². The lowest BCUT2D eigenvalue weighted by Gasteiger charge is -2.27. The minimum Gasteiger partial charge on any atom is -0.370 e. The fourth-order valence-electron chi connectivity index (χ4n) is 2.71. The molecule has 1 atom stereocenters. The summed E-state index contributed by atoms with van der Waals surface area (Å²) in [6.45, 7) is 2.71. The third-order valence-corrected chi connectivity index (χ3v) is 6.65. The minimum absolute atomic E-state index is 0.0161. The molecule has 0 radical (unpaired) electrons. The molecule has 140 valence electrons. The maximum atomic E-state index is 12.8. The number of nitrogens with one attached hydrogen (secondary N) is 1. The lowest BCUT2D eigenvalue weighted by atomic mass is 10.2. The summed E-state index contributed by atoms with van der Waals surface area (Å²) < 4.78 is 0. The molecule has 1 aromatic heterocycles. The first-order chi connectivity index (χ1) is 13.1. The van der Waals surface area contributed by atoms with Gasteiger partial charge in [-0.05, 0) is 42.6 Å². The van der Waals surface area contributed by atoms with E-state index in [1.165, 1.54) is 4.88 Å². The molecule has 0 aliphatic carbocycles. The normalized spacial score (nSPS) is 11.8. The maximum Gasteiger partial charge on any atom is 0.252 e. The van der Waals surface area contributed by atoms with E-state index in [9.17, 15) is 4.79 Å². The zero-order valence-electron chi connectivity index (χ0n) is 15.6. The van der Waals surface area contributed by atoms with E-state index >= 15 is 0 Å². The van der Waals surface area contributed by atoms with E-state index in [1.807, 2.05) is 42.5 Å². The Kier molecular flexibility index (Phi) is 6.96. The van der Waals surface area contributed by atoms with Gasteiger partial charge in [-0.15, -0.1) is 23.1 Å². The number of benzene rings is 2. The zero-order valence-corrected chi connectivity index (χ0v) is 17.2. The van der Waals surface area contributed by atoms with E-state index in [-0.39, 0.29) is 11.9 Å². The molecular weight excluding hydrogens is 372 g/mol. The molecular formula is C22H24N2OS2. The van der Waals surface area contributed by atoms with Crippen LogP contribution in [-0.2, 0) is 5.75 Å². The molecule has 3 rings (SSSR count). The van der Waals surface area contributed by atoms with Gasteiger partial charge in [0.15, 0.2) is 0 Å². The topological polar surface area (TPSA) is 32.3 Å². The van der Waals surface area contributed by atoms with Crippen LogP contribution >= 0.6 is 23.1 Å². The maximum absolute atomic E-state index is 12.8. The highest BCUT2D eigenvalue weighted by atomic mass is 32.2. The monoisotopic (exact) mass is 396 g/mol. The first kappa shape index (κ1) is 19.5. The van der Waals surface area contributed by atoms with Crippen LogP contribution < -0.4 is 10.2 Å². The van der Waals surface area contributed by atoms with Gasteiger partial charge in [0.1, 0.15) is 0 Å². The fraction of sp³-hybridized carbons (Fsp3) is 0.227. The van der Waals surface area contributed by atoms with Crippen molar-refractivity contribution >= 4 is 34.7 Å². The van der Waals surface area contributed by atoms with Gasteiger partial charge < -0.3 is 10.2 Å². The average molecular weight is 397 g/mol. The highest BCUT2D eigenvalue weighted by molar-refractivity contribution is 7.98. The number of thioether (sulfide) groups is 1. The summed E-state index contributed by atoms with van der Waals surface area (Å²) in [5, 5.41) is 5.17. The molecule has 1 heterocycles. The molecule has 0 saturated carbocycles. The van der Waals surface area contributed by atoms with Crippen molar-refractivity contribution in [2.45, 2.75) is 23.6 Å². The van der Waals surface area contributed by atoms with Gasteiger partial charge in [-0.2, -0.15) is 0 Å². The van der Waals surface area contributed by atoms with Gasteiger partial charge in [0, 0.05) is 40.8 Å². The summed E-state index contributed by atoms with van der Waals surface area (Å²) in [6, 6.07) is 22.4. The SMILES string of the molecule is CC(CNC(=O)c1ccccc1SCc1cccs1)N(C)c1ccccc1. The van der Waals surface area contributed by atoms with Gasteiger partial charge >= 0.3 is 0 Å². The van der Waals surface area contributed by atoms with Crippen molar-refractivity contribution in [2.24, 2.45) is 0 Å². The number of hydrogen-bond donors (Lipinski definition) is 1. The van der Waals surface area contributed by atoms with Crippen molar-refractivity contribution in [2.75, 3.05) is 18.5 Å². The predicted molar refractivity (Wildman–Crippen MR) is 117 cm³/mol. The standard InChI is InChI=1S/C22H24N2OS2/c1-17(24(2)18-9-4-3-5-10-18)15-23-22(25)20-12-6-7-13-21(20)27-16-19-11-8-14-26-19/h3-14,17H,15-16H2,1-2H3,(H,23,25). The Morgan fingerprint density at radius 3 is 2.56 bits per heavy atom. The lowest BCUT2D eigenvalue weighted by Crippen LogP contribution is -2.40. The number of hydrogen-bond acceptors (Lipinski definition) is 4. The Hall–Kier alpha value is -2.24.